The summed E-state index contributed by atoms with van der Waals surface area (Å²) in [5.41, 5.74) is 2.19. The van der Waals surface area contributed by atoms with Gasteiger partial charge in [-0.15, -0.1) is 0 Å². The van der Waals surface area contributed by atoms with Crippen molar-refractivity contribution in [1.29, 1.82) is 0 Å². The Hall–Kier alpha value is -4.00. The lowest BCUT2D eigenvalue weighted by Crippen LogP contribution is -2.13. The van der Waals surface area contributed by atoms with Crippen LogP contribution < -0.4 is 19.5 Å². The van der Waals surface area contributed by atoms with E-state index in [-0.39, 0.29) is 12.5 Å². The molecule has 0 aliphatic heterocycles. The van der Waals surface area contributed by atoms with Gasteiger partial charge in [0, 0.05) is 22.9 Å². The van der Waals surface area contributed by atoms with Crippen molar-refractivity contribution in [3.8, 4) is 17.2 Å². The second kappa shape index (κ2) is 11.6. The van der Waals surface area contributed by atoms with Crippen molar-refractivity contribution in [3.63, 3.8) is 0 Å². The molecule has 0 aromatic heterocycles. The first-order valence-electron chi connectivity index (χ1n) is 10.6. The van der Waals surface area contributed by atoms with Crippen LogP contribution in [0.25, 0.3) is 0 Å². The Labute approximate surface area is 193 Å². The van der Waals surface area contributed by atoms with E-state index in [1.165, 1.54) is 0 Å². The van der Waals surface area contributed by atoms with E-state index in [4.69, 9.17) is 18.9 Å². The number of nitrogens with one attached hydrogen (secondary N) is 1. The Bertz CT molecular complexity index is 1090. The number of amides is 1. The van der Waals surface area contributed by atoms with Crippen LogP contribution in [0.4, 0.5) is 5.69 Å². The number of hydrogen-bond donors (Lipinski definition) is 1. The Balaban J connectivity index is 1.73. The maximum Gasteiger partial charge on any atom is 0.338 e. The van der Waals surface area contributed by atoms with Gasteiger partial charge in [-0.05, 0) is 68.4 Å². The Morgan fingerprint density at radius 2 is 1.55 bits per heavy atom. The first kappa shape index (κ1) is 23.7. The second-order valence-electron chi connectivity index (χ2n) is 6.98. The standard InChI is InChI=1S/C26H27NO6/c1-4-31-24-14-11-19(15-20(24)17-33-23-8-6-7-22(16-23)30-3)25(28)27-21-12-9-18(10-13-21)26(29)32-5-2/h6-16H,4-5,17H2,1-3H3,(H,27,28). The smallest absolute Gasteiger partial charge is 0.338 e. The average Bonchev–Trinajstić information content (AvgIpc) is 2.84. The highest BCUT2D eigenvalue weighted by molar-refractivity contribution is 6.04. The molecular formula is C26H27NO6. The van der Waals surface area contributed by atoms with Gasteiger partial charge >= 0.3 is 5.97 Å². The SMILES string of the molecule is CCOC(=O)c1ccc(NC(=O)c2ccc(OCC)c(COc3cccc(OC)c3)c2)cc1. The zero-order valence-corrected chi connectivity index (χ0v) is 18.9. The zero-order chi connectivity index (χ0) is 23.6. The molecule has 7 nitrogen and oxygen atoms in total. The van der Waals surface area contributed by atoms with Crippen molar-refractivity contribution >= 4 is 17.6 Å². The summed E-state index contributed by atoms with van der Waals surface area (Å²) in [6.45, 7) is 4.66. The number of carbonyl (C=O) groups excluding carboxylic acids is 2. The molecule has 33 heavy (non-hydrogen) atoms. The molecule has 0 spiro atoms. The zero-order valence-electron chi connectivity index (χ0n) is 18.9. The molecule has 3 aromatic carbocycles. The first-order valence-corrected chi connectivity index (χ1v) is 10.6. The predicted molar refractivity (Wildman–Crippen MR) is 125 cm³/mol. The van der Waals surface area contributed by atoms with Crippen LogP contribution in [0.3, 0.4) is 0 Å². The van der Waals surface area contributed by atoms with Crippen molar-refractivity contribution in [1.82, 2.24) is 0 Å². The van der Waals surface area contributed by atoms with Crippen LogP contribution in [0, 0.1) is 0 Å². The molecule has 1 N–H and O–H groups in total. The molecule has 172 valence electrons. The summed E-state index contributed by atoms with van der Waals surface area (Å²) < 4.78 is 21.8. The third kappa shape index (κ3) is 6.49. The molecule has 3 aromatic rings. The van der Waals surface area contributed by atoms with Crippen LogP contribution in [0.5, 0.6) is 17.2 Å². The van der Waals surface area contributed by atoms with E-state index >= 15 is 0 Å². The number of ether oxygens (including phenoxy) is 4. The van der Waals surface area contributed by atoms with Crippen molar-refractivity contribution in [2.24, 2.45) is 0 Å². The monoisotopic (exact) mass is 449 g/mol. The molecule has 0 aliphatic rings. The summed E-state index contributed by atoms with van der Waals surface area (Å²) in [5, 5.41) is 2.83. The fraction of sp³-hybridized carbons (Fsp3) is 0.231. The molecule has 0 atom stereocenters. The number of rotatable bonds is 10. The van der Waals surface area contributed by atoms with Gasteiger partial charge in [-0.3, -0.25) is 4.79 Å². The van der Waals surface area contributed by atoms with Crippen LogP contribution in [0.15, 0.2) is 66.7 Å². The second-order valence-corrected chi connectivity index (χ2v) is 6.98. The van der Waals surface area contributed by atoms with Crippen LogP contribution >= 0.6 is 0 Å². The quantitative estimate of drug-likeness (QED) is 0.434. The summed E-state index contributed by atoms with van der Waals surface area (Å²) in [6, 6.07) is 19.0. The van der Waals surface area contributed by atoms with Gasteiger partial charge in [-0.25, -0.2) is 4.79 Å². The van der Waals surface area contributed by atoms with E-state index in [0.29, 0.717) is 47.3 Å². The highest BCUT2D eigenvalue weighted by Crippen LogP contribution is 2.25. The lowest BCUT2D eigenvalue weighted by Gasteiger charge is -2.14. The van der Waals surface area contributed by atoms with E-state index < -0.39 is 5.97 Å². The van der Waals surface area contributed by atoms with Gasteiger partial charge in [0.2, 0.25) is 0 Å². The molecular weight excluding hydrogens is 422 g/mol. The molecule has 0 fully saturated rings. The molecule has 3 rings (SSSR count). The highest BCUT2D eigenvalue weighted by Gasteiger charge is 2.13. The number of anilines is 1. The van der Waals surface area contributed by atoms with Crippen molar-refractivity contribution in [2.45, 2.75) is 20.5 Å². The molecule has 0 bridgehead atoms. The summed E-state index contributed by atoms with van der Waals surface area (Å²) >= 11 is 0. The normalized spacial score (nSPS) is 10.3. The molecule has 1 amide bonds. The first-order chi connectivity index (χ1) is 16.0. The average molecular weight is 450 g/mol. The van der Waals surface area contributed by atoms with Crippen molar-refractivity contribution in [3.05, 3.63) is 83.4 Å². The van der Waals surface area contributed by atoms with Crippen LogP contribution in [-0.4, -0.2) is 32.2 Å². The lowest BCUT2D eigenvalue weighted by molar-refractivity contribution is 0.0526. The van der Waals surface area contributed by atoms with Crippen LogP contribution in [-0.2, 0) is 11.3 Å². The molecule has 0 saturated carbocycles. The molecule has 7 heteroatoms. The molecule has 0 heterocycles. The molecule has 0 saturated heterocycles. The van der Waals surface area contributed by atoms with Crippen molar-refractivity contribution in [2.75, 3.05) is 25.6 Å². The molecule has 0 unspecified atom stereocenters. The van der Waals surface area contributed by atoms with Gasteiger partial charge in [0.25, 0.3) is 5.91 Å². The maximum absolute atomic E-state index is 12.8. The van der Waals surface area contributed by atoms with Gasteiger partial charge in [-0.1, -0.05) is 6.07 Å². The topological polar surface area (TPSA) is 83.1 Å². The number of hydrogen-bond acceptors (Lipinski definition) is 6. The van der Waals surface area contributed by atoms with Gasteiger partial charge in [-0.2, -0.15) is 0 Å². The fourth-order valence-electron chi connectivity index (χ4n) is 3.09. The highest BCUT2D eigenvalue weighted by atomic mass is 16.5. The van der Waals surface area contributed by atoms with Gasteiger partial charge in [0.1, 0.15) is 23.9 Å². The predicted octanol–water partition coefficient (Wildman–Crippen LogP) is 5.10. The van der Waals surface area contributed by atoms with E-state index in [0.717, 1.165) is 5.56 Å². The van der Waals surface area contributed by atoms with Gasteiger partial charge in [0.15, 0.2) is 0 Å². The minimum atomic E-state index is -0.400. The van der Waals surface area contributed by atoms with E-state index in [2.05, 4.69) is 5.32 Å². The maximum atomic E-state index is 12.8. The van der Waals surface area contributed by atoms with E-state index in [1.807, 2.05) is 25.1 Å². The van der Waals surface area contributed by atoms with Gasteiger partial charge in [0.05, 0.1) is 25.9 Å². The van der Waals surface area contributed by atoms with E-state index in [9.17, 15) is 9.59 Å². The van der Waals surface area contributed by atoms with Crippen LogP contribution in [0.2, 0.25) is 0 Å². The summed E-state index contributed by atoms with van der Waals surface area (Å²) in [4.78, 5) is 24.6. The summed E-state index contributed by atoms with van der Waals surface area (Å²) in [7, 11) is 1.60. The third-order valence-electron chi connectivity index (χ3n) is 4.71. The lowest BCUT2D eigenvalue weighted by atomic mass is 10.1. The number of esters is 1. The summed E-state index contributed by atoms with van der Waals surface area (Å²) in [6.07, 6.45) is 0. The van der Waals surface area contributed by atoms with Crippen molar-refractivity contribution < 1.29 is 28.5 Å². The van der Waals surface area contributed by atoms with E-state index in [1.54, 1.807) is 62.6 Å². The minimum Gasteiger partial charge on any atom is -0.497 e. The number of carbonyl (C=O) groups is 2. The fourth-order valence-corrected chi connectivity index (χ4v) is 3.09. The van der Waals surface area contributed by atoms with Gasteiger partial charge < -0.3 is 24.3 Å². The third-order valence-corrected chi connectivity index (χ3v) is 4.71. The van der Waals surface area contributed by atoms with Crippen LogP contribution in [0.1, 0.15) is 40.1 Å². The molecule has 0 aliphatic carbocycles. The Morgan fingerprint density at radius 1 is 0.818 bits per heavy atom. The number of benzene rings is 3. The minimum absolute atomic E-state index is 0.220. The molecule has 0 radical (unpaired) electrons. The Kier molecular flexibility index (Phi) is 8.30. The Morgan fingerprint density at radius 3 is 2.24 bits per heavy atom. The summed E-state index contributed by atoms with van der Waals surface area (Å²) in [5.74, 6) is 1.30. The number of methoxy groups -OCH3 is 1. The largest absolute Gasteiger partial charge is 0.497 e.